The van der Waals surface area contributed by atoms with E-state index in [1.165, 1.54) is 4.57 Å². The Hall–Kier alpha value is -2.47. The zero-order chi connectivity index (χ0) is 19.0. The number of aromatic nitrogens is 6. The van der Waals surface area contributed by atoms with Gasteiger partial charge in [-0.2, -0.15) is 0 Å². The summed E-state index contributed by atoms with van der Waals surface area (Å²) in [7, 11) is 0. The van der Waals surface area contributed by atoms with Gasteiger partial charge in [0.05, 0.1) is 18.4 Å². The number of thioether (sulfide) groups is 1. The minimum atomic E-state index is -0.765. The van der Waals surface area contributed by atoms with Gasteiger partial charge in [-0.1, -0.05) is 11.8 Å². The first kappa shape index (κ1) is 17.9. The van der Waals surface area contributed by atoms with E-state index >= 15 is 0 Å². The highest BCUT2D eigenvalue weighted by atomic mass is 32.2. The molecule has 1 saturated heterocycles. The minimum absolute atomic E-state index is 0.0488. The number of carbonyl (C=O) groups excluding carboxylic acids is 1. The lowest BCUT2D eigenvalue weighted by Crippen LogP contribution is -2.36. The van der Waals surface area contributed by atoms with Crippen molar-refractivity contribution in [3.05, 3.63) is 26.4 Å². The zero-order valence-electron chi connectivity index (χ0n) is 14.5. The third kappa shape index (κ3) is 3.67. The normalized spacial score (nSPS) is 19.5. The third-order valence-electron chi connectivity index (χ3n) is 4.60. The summed E-state index contributed by atoms with van der Waals surface area (Å²) < 4.78 is 8.46. The number of H-pyrrole nitrogens is 1. The Bertz CT molecular complexity index is 971. The van der Waals surface area contributed by atoms with Crippen molar-refractivity contribution in [2.75, 3.05) is 18.1 Å². The molecule has 0 spiro atoms. The molecular formula is C15H19N7O4S. The molecule has 2 aliphatic rings. The fraction of sp³-hybridized carbons (Fsp3) is 0.600. The first-order chi connectivity index (χ1) is 13.0. The molecular weight excluding hydrogens is 374 g/mol. The van der Waals surface area contributed by atoms with Gasteiger partial charge in [-0.05, 0) is 36.1 Å². The lowest BCUT2D eigenvalue weighted by molar-refractivity contribution is 0.0912. The molecule has 0 bridgehead atoms. The van der Waals surface area contributed by atoms with E-state index in [2.05, 4.69) is 20.5 Å². The molecule has 2 fully saturated rings. The van der Waals surface area contributed by atoms with Crippen LogP contribution in [0.2, 0.25) is 0 Å². The molecule has 1 saturated carbocycles. The topological polar surface area (TPSA) is 151 Å². The first-order valence-corrected chi connectivity index (χ1v) is 9.71. The fourth-order valence-electron chi connectivity index (χ4n) is 3.13. The van der Waals surface area contributed by atoms with Crippen LogP contribution < -0.4 is 17.0 Å². The highest BCUT2D eigenvalue weighted by Crippen LogP contribution is 2.35. The van der Waals surface area contributed by atoms with Gasteiger partial charge in [0.15, 0.2) is 5.78 Å². The predicted molar refractivity (Wildman–Crippen MR) is 95.9 cm³/mol. The molecule has 11 nitrogen and oxygen atoms in total. The largest absolute Gasteiger partial charge is 0.384 e. The van der Waals surface area contributed by atoms with Crippen molar-refractivity contribution in [3.8, 4) is 0 Å². The Kier molecular flexibility index (Phi) is 4.83. The Balaban J connectivity index is 1.49. The molecule has 1 atom stereocenters. The fourth-order valence-corrected chi connectivity index (χ4v) is 3.89. The molecule has 2 aromatic rings. The average molecular weight is 393 g/mol. The molecule has 0 amide bonds. The van der Waals surface area contributed by atoms with E-state index in [1.54, 1.807) is 4.68 Å². The first-order valence-electron chi connectivity index (χ1n) is 8.72. The number of hydrogen-bond donors (Lipinski definition) is 2. The van der Waals surface area contributed by atoms with E-state index in [0.717, 1.165) is 44.1 Å². The number of rotatable bonds is 7. The Morgan fingerprint density at radius 3 is 2.85 bits per heavy atom. The molecule has 1 aliphatic carbocycles. The average Bonchev–Trinajstić information content (AvgIpc) is 3.14. The highest BCUT2D eigenvalue weighted by Gasteiger charge is 2.30. The number of nitrogen functional groups attached to an aromatic ring is 1. The number of nitrogens with one attached hydrogen (secondary N) is 1. The van der Waals surface area contributed by atoms with Crippen LogP contribution >= 0.6 is 11.8 Å². The van der Waals surface area contributed by atoms with Gasteiger partial charge in [0, 0.05) is 12.6 Å². The standard InChI is InChI=1S/C15H19N7O4S/c16-12-11(13(24)17-14(25)22(12)8-3-4-8)10(23)7-27-15-18-19-20-21(15)6-9-2-1-5-26-9/h8-9H,1-7,16H2,(H,17,24,25)/t9-/m0/s1. The van der Waals surface area contributed by atoms with Gasteiger partial charge in [-0.25, -0.2) is 9.48 Å². The van der Waals surface area contributed by atoms with Crippen molar-refractivity contribution in [1.29, 1.82) is 0 Å². The molecule has 3 N–H and O–H groups in total. The van der Waals surface area contributed by atoms with Gasteiger partial charge >= 0.3 is 5.69 Å². The molecule has 0 radical (unpaired) electrons. The number of anilines is 1. The van der Waals surface area contributed by atoms with Gasteiger partial charge in [0.2, 0.25) is 5.16 Å². The summed E-state index contributed by atoms with van der Waals surface area (Å²) in [6, 6.07) is -0.0488. The molecule has 144 valence electrons. The second-order valence-electron chi connectivity index (χ2n) is 6.61. The maximum absolute atomic E-state index is 12.6. The number of nitrogens with two attached hydrogens (primary N) is 1. The second-order valence-corrected chi connectivity index (χ2v) is 7.55. The summed E-state index contributed by atoms with van der Waals surface area (Å²) in [5, 5.41) is 12.0. The van der Waals surface area contributed by atoms with Crippen LogP contribution in [0.1, 0.15) is 42.1 Å². The summed E-state index contributed by atoms with van der Waals surface area (Å²) >= 11 is 1.12. The van der Waals surface area contributed by atoms with E-state index in [4.69, 9.17) is 10.5 Å². The third-order valence-corrected chi connectivity index (χ3v) is 5.56. The SMILES string of the molecule is Nc1c(C(=O)CSc2nnnn2C[C@@H]2CCCO2)c(=O)[nH]c(=O)n1C1CC1. The quantitative estimate of drug-likeness (QED) is 0.472. The van der Waals surface area contributed by atoms with Crippen molar-refractivity contribution >= 4 is 23.4 Å². The number of ether oxygens (including phenoxy) is 1. The number of carbonyl (C=O) groups is 1. The van der Waals surface area contributed by atoms with Crippen LogP contribution in [0.25, 0.3) is 0 Å². The molecule has 12 heteroatoms. The van der Waals surface area contributed by atoms with Gasteiger partial charge in [0.25, 0.3) is 5.56 Å². The van der Waals surface area contributed by atoms with Crippen LogP contribution in [-0.4, -0.2) is 54.0 Å². The maximum Gasteiger partial charge on any atom is 0.330 e. The van der Waals surface area contributed by atoms with Gasteiger partial charge in [-0.15, -0.1) is 5.10 Å². The monoisotopic (exact) mass is 393 g/mol. The van der Waals surface area contributed by atoms with E-state index in [9.17, 15) is 14.4 Å². The van der Waals surface area contributed by atoms with Crippen molar-refractivity contribution in [2.45, 2.75) is 49.5 Å². The van der Waals surface area contributed by atoms with E-state index in [1.807, 2.05) is 0 Å². The van der Waals surface area contributed by atoms with Crippen LogP contribution in [0, 0.1) is 0 Å². The smallest absolute Gasteiger partial charge is 0.330 e. The van der Waals surface area contributed by atoms with Crippen LogP contribution in [-0.2, 0) is 11.3 Å². The molecule has 27 heavy (non-hydrogen) atoms. The van der Waals surface area contributed by atoms with Crippen molar-refractivity contribution in [1.82, 2.24) is 29.8 Å². The van der Waals surface area contributed by atoms with Crippen LogP contribution in [0.15, 0.2) is 14.7 Å². The Morgan fingerprint density at radius 1 is 1.33 bits per heavy atom. The summed E-state index contributed by atoms with van der Waals surface area (Å²) in [4.78, 5) is 38.8. The maximum atomic E-state index is 12.6. The summed E-state index contributed by atoms with van der Waals surface area (Å²) in [6.45, 7) is 1.24. The highest BCUT2D eigenvalue weighted by molar-refractivity contribution is 7.99. The summed E-state index contributed by atoms with van der Waals surface area (Å²) in [5.41, 5.74) is 4.43. The van der Waals surface area contributed by atoms with Crippen molar-refractivity contribution in [3.63, 3.8) is 0 Å². The molecule has 4 rings (SSSR count). The number of ketones is 1. The van der Waals surface area contributed by atoms with E-state index in [0.29, 0.717) is 11.7 Å². The molecule has 2 aromatic heterocycles. The number of hydrogen-bond acceptors (Lipinski definition) is 9. The van der Waals surface area contributed by atoms with E-state index in [-0.39, 0.29) is 29.3 Å². The minimum Gasteiger partial charge on any atom is -0.384 e. The van der Waals surface area contributed by atoms with Gasteiger partial charge < -0.3 is 10.5 Å². The van der Waals surface area contributed by atoms with Crippen LogP contribution in [0.3, 0.4) is 0 Å². The second kappa shape index (κ2) is 7.27. The van der Waals surface area contributed by atoms with Crippen molar-refractivity contribution < 1.29 is 9.53 Å². The number of tetrazole rings is 1. The molecule has 0 unspecified atom stereocenters. The predicted octanol–water partition coefficient (Wildman–Crippen LogP) is -0.406. The Morgan fingerprint density at radius 2 is 2.15 bits per heavy atom. The number of nitrogens with zero attached hydrogens (tertiary/aromatic N) is 5. The van der Waals surface area contributed by atoms with Crippen LogP contribution in [0.4, 0.5) is 5.82 Å². The molecule has 0 aromatic carbocycles. The lowest BCUT2D eigenvalue weighted by Gasteiger charge is -2.11. The Labute approximate surface area is 157 Å². The number of Topliss-reactive ketones (excluding diaryl/α,β-unsaturated/α-hetero) is 1. The van der Waals surface area contributed by atoms with Gasteiger partial charge in [0.1, 0.15) is 11.4 Å². The number of aromatic amines is 1. The summed E-state index contributed by atoms with van der Waals surface area (Å²) in [6.07, 6.45) is 3.61. The molecule has 3 heterocycles. The summed E-state index contributed by atoms with van der Waals surface area (Å²) in [5.74, 6) is -0.613. The molecule has 1 aliphatic heterocycles. The zero-order valence-corrected chi connectivity index (χ0v) is 15.3. The van der Waals surface area contributed by atoms with Crippen molar-refractivity contribution in [2.24, 2.45) is 0 Å². The van der Waals surface area contributed by atoms with Crippen LogP contribution in [0.5, 0.6) is 0 Å². The van der Waals surface area contributed by atoms with Gasteiger partial charge in [-0.3, -0.25) is 19.1 Å². The lowest BCUT2D eigenvalue weighted by atomic mass is 10.2. The van der Waals surface area contributed by atoms with E-state index < -0.39 is 17.0 Å².